The first kappa shape index (κ1) is 13.4. The maximum Gasteiger partial charge on any atom is 0.119 e. The zero-order valence-corrected chi connectivity index (χ0v) is 11.6. The fourth-order valence-corrected chi connectivity index (χ4v) is 2.81. The number of rotatable bonds is 6. The summed E-state index contributed by atoms with van der Waals surface area (Å²) >= 11 is 0. The Morgan fingerprint density at radius 1 is 1.33 bits per heavy atom. The van der Waals surface area contributed by atoms with Crippen molar-refractivity contribution >= 4 is 0 Å². The number of hydrogen-bond acceptors (Lipinski definition) is 2. The van der Waals surface area contributed by atoms with Gasteiger partial charge in [-0.15, -0.1) is 0 Å². The van der Waals surface area contributed by atoms with Crippen LogP contribution in [-0.4, -0.2) is 12.6 Å². The average Bonchev–Trinajstić information content (AvgIpc) is 2.91. The highest BCUT2D eigenvalue weighted by molar-refractivity contribution is 5.28. The van der Waals surface area contributed by atoms with Crippen LogP contribution in [0.4, 0.5) is 0 Å². The van der Waals surface area contributed by atoms with E-state index < -0.39 is 0 Å². The standard InChI is InChI=1S/C16H25NO/c1-3-18-16-10-6-7-14(11-16)12-17-13(2)15-8-4-5-9-15/h6-7,10-11,13,15,17H,3-5,8-9,12H2,1-2H3/t13-/m0/s1. The highest BCUT2D eigenvalue weighted by Crippen LogP contribution is 2.27. The minimum absolute atomic E-state index is 0.628. The topological polar surface area (TPSA) is 21.3 Å². The van der Waals surface area contributed by atoms with Gasteiger partial charge in [-0.05, 0) is 50.3 Å². The minimum atomic E-state index is 0.628. The zero-order chi connectivity index (χ0) is 12.8. The highest BCUT2D eigenvalue weighted by Gasteiger charge is 2.20. The van der Waals surface area contributed by atoms with Gasteiger partial charge in [0.1, 0.15) is 5.75 Å². The Hall–Kier alpha value is -1.02. The zero-order valence-electron chi connectivity index (χ0n) is 11.6. The van der Waals surface area contributed by atoms with Crippen molar-refractivity contribution in [3.05, 3.63) is 29.8 Å². The van der Waals surface area contributed by atoms with Crippen LogP contribution in [0.25, 0.3) is 0 Å². The van der Waals surface area contributed by atoms with Gasteiger partial charge in [0, 0.05) is 12.6 Å². The second-order valence-electron chi connectivity index (χ2n) is 5.29. The summed E-state index contributed by atoms with van der Waals surface area (Å²) in [5.41, 5.74) is 1.31. The summed E-state index contributed by atoms with van der Waals surface area (Å²) in [6, 6.07) is 9.02. The van der Waals surface area contributed by atoms with Gasteiger partial charge in [0.25, 0.3) is 0 Å². The average molecular weight is 247 g/mol. The fraction of sp³-hybridized carbons (Fsp3) is 0.625. The van der Waals surface area contributed by atoms with Crippen molar-refractivity contribution < 1.29 is 4.74 Å². The summed E-state index contributed by atoms with van der Waals surface area (Å²) in [7, 11) is 0. The molecule has 1 atom stereocenters. The van der Waals surface area contributed by atoms with Gasteiger partial charge in [0.05, 0.1) is 6.61 Å². The Morgan fingerprint density at radius 2 is 2.11 bits per heavy atom. The number of hydrogen-bond donors (Lipinski definition) is 1. The smallest absolute Gasteiger partial charge is 0.119 e. The summed E-state index contributed by atoms with van der Waals surface area (Å²) in [5.74, 6) is 1.85. The Kier molecular flexibility index (Phi) is 5.06. The van der Waals surface area contributed by atoms with Crippen molar-refractivity contribution in [1.82, 2.24) is 5.32 Å². The Bertz CT molecular complexity index is 358. The van der Waals surface area contributed by atoms with Crippen molar-refractivity contribution in [2.24, 2.45) is 5.92 Å². The van der Waals surface area contributed by atoms with E-state index in [0.717, 1.165) is 24.8 Å². The van der Waals surface area contributed by atoms with Gasteiger partial charge in [-0.3, -0.25) is 0 Å². The minimum Gasteiger partial charge on any atom is -0.494 e. The van der Waals surface area contributed by atoms with Gasteiger partial charge >= 0.3 is 0 Å². The van der Waals surface area contributed by atoms with E-state index in [9.17, 15) is 0 Å². The lowest BCUT2D eigenvalue weighted by Gasteiger charge is -2.20. The molecule has 1 aromatic rings. The molecule has 1 N–H and O–H groups in total. The molecule has 0 unspecified atom stereocenters. The molecule has 1 aromatic carbocycles. The normalized spacial score (nSPS) is 17.9. The van der Waals surface area contributed by atoms with E-state index in [0.29, 0.717) is 6.04 Å². The molecule has 0 amide bonds. The summed E-state index contributed by atoms with van der Waals surface area (Å²) in [4.78, 5) is 0. The van der Waals surface area contributed by atoms with Crippen LogP contribution in [0.15, 0.2) is 24.3 Å². The predicted octanol–water partition coefficient (Wildman–Crippen LogP) is 3.75. The van der Waals surface area contributed by atoms with E-state index in [4.69, 9.17) is 4.74 Å². The van der Waals surface area contributed by atoms with Crippen molar-refractivity contribution in [2.75, 3.05) is 6.61 Å². The van der Waals surface area contributed by atoms with Gasteiger partial charge < -0.3 is 10.1 Å². The molecule has 0 radical (unpaired) electrons. The third-order valence-electron chi connectivity index (χ3n) is 3.94. The van der Waals surface area contributed by atoms with Gasteiger partial charge in [0.2, 0.25) is 0 Å². The molecule has 0 aromatic heterocycles. The first-order chi connectivity index (χ1) is 8.79. The van der Waals surface area contributed by atoms with Gasteiger partial charge in [0.15, 0.2) is 0 Å². The van der Waals surface area contributed by atoms with Crippen LogP contribution < -0.4 is 10.1 Å². The molecule has 0 heterocycles. The third kappa shape index (κ3) is 3.74. The molecule has 18 heavy (non-hydrogen) atoms. The largest absolute Gasteiger partial charge is 0.494 e. The maximum atomic E-state index is 5.53. The number of ether oxygens (including phenoxy) is 1. The molecule has 2 rings (SSSR count). The molecule has 100 valence electrons. The molecule has 0 aliphatic heterocycles. The lowest BCUT2D eigenvalue weighted by Crippen LogP contribution is -2.31. The lowest BCUT2D eigenvalue weighted by atomic mass is 9.99. The van der Waals surface area contributed by atoms with E-state index in [1.54, 1.807) is 0 Å². The van der Waals surface area contributed by atoms with Crippen LogP contribution in [-0.2, 0) is 6.54 Å². The van der Waals surface area contributed by atoms with Crippen molar-refractivity contribution in [3.8, 4) is 5.75 Å². The Balaban J connectivity index is 1.83. The van der Waals surface area contributed by atoms with Crippen LogP contribution in [0, 0.1) is 5.92 Å². The summed E-state index contributed by atoms with van der Waals surface area (Å²) < 4.78 is 5.53. The SMILES string of the molecule is CCOc1cccc(CN[C@@H](C)C2CCCC2)c1. The van der Waals surface area contributed by atoms with E-state index in [1.807, 2.05) is 13.0 Å². The van der Waals surface area contributed by atoms with Crippen molar-refractivity contribution in [2.45, 2.75) is 52.1 Å². The molecule has 1 fully saturated rings. The molecule has 2 heteroatoms. The molecule has 0 spiro atoms. The van der Waals surface area contributed by atoms with Crippen molar-refractivity contribution in [3.63, 3.8) is 0 Å². The van der Waals surface area contributed by atoms with Crippen LogP contribution in [0.5, 0.6) is 5.75 Å². The molecule has 1 aliphatic carbocycles. The fourth-order valence-electron chi connectivity index (χ4n) is 2.81. The van der Waals surface area contributed by atoms with E-state index in [2.05, 4.69) is 30.4 Å². The molecule has 1 aliphatic rings. The Morgan fingerprint density at radius 3 is 2.83 bits per heavy atom. The van der Waals surface area contributed by atoms with E-state index in [1.165, 1.54) is 31.2 Å². The van der Waals surface area contributed by atoms with Crippen LogP contribution in [0.2, 0.25) is 0 Å². The second-order valence-corrected chi connectivity index (χ2v) is 5.29. The molecular weight excluding hydrogens is 222 g/mol. The van der Waals surface area contributed by atoms with Gasteiger partial charge in [-0.25, -0.2) is 0 Å². The van der Waals surface area contributed by atoms with E-state index >= 15 is 0 Å². The molecule has 2 nitrogen and oxygen atoms in total. The summed E-state index contributed by atoms with van der Waals surface area (Å²) in [6.07, 6.45) is 5.62. The molecule has 0 saturated heterocycles. The van der Waals surface area contributed by atoms with Gasteiger partial charge in [-0.2, -0.15) is 0 Å². The molecule has 1 saturated carbocycles. The van der Waals surface area contributed by atoms with Crippen molar-refractivity contribution in [1.29, 1.82) is 0 Å². The lowest BCUT2D eigenvalue weighted by molar-refractivity contribution is 0.339. The van der Waals surface area contributed by atoms with Crippen LogP contribution >= 0.6 is 0 Å². The quantitative estimate of drug-likeness (QED) is 0.826. The Labute approximate surface area is 111 Å². The van der Waals surface area contributed by atoms with Gasteiger partial charge in [-0.1, -0.05) is 25.0 Å². The predicted molar refractivity (Wildman–Crippen MR) is 75.9 cm³/mol. The first-order valence-electron chi connectivity index (χ1n) is 7.24. The monoisotopic (exact) mass is 247 g/mol. The maximum absolute atomic E-state index is 5.53. The number of benzene rings is 1. The third-order valence-corrected chi connectivity index (χ3v) is 3.94. The highest BCUT2D eigenvalue weighted by atomic mass is 16.5. The summed E-state index contributed by atoms with van der Waals surface area (Å²) in [5, 5.41) is 3.65. The van der Waals surface area contributed by atoms with Crippen LogP contribution in [0.1, 0.15) is 45.1 Å². The number of nitrogens with one attached hydrogen (secondary N) is 1. The van der Waals surface area contributed by atoms with E-state index in [-0.39, 0.29) is 0 Å². The van der Waals surface area contributed by atoms with Crippen LogP contribution in [0.3, 0.4) is 0 Å². The first-order valence-corrected chi connectivity index (χ1v) is 7.24. The molecular formula is C16H25NO. The summed E-state index contributed by atoms with van der Waals surface area (Å²) in [6.45, 7) is 6.02. The second kappa shape index (κ2) is 6.79. The molecule has 0 bridgehead atoms.